The molecule has 18 heavy (non-hydrogen) atoms. The van der Waals surface area contributed by atoms with E-state index in [2.05, 4.69) is 40.4 Å². The lowest BCUT2D eigenvalue weighted by molar-refractivity contribution is 0.824. The summed E-state index contributed by atoms with van der Waals surface area (Å²) in [4.78, 5) is 7.60. The molecule has 2 aromatic rings. The normalized spacial score (nSPS) is 11.3. The number of nitrogens with one attached hydrogen (secondary N) is 2. The van der Waals surface area contributed by atoms with Gasteiger partial charge in [0, 0.05) is 17.8 Å². The molecule has 0 radical (unpaired) electrons. The molecule has 0 aliphatic rings. The van der Waals surface area contributed by atoms with Crippen LogP contribution in [0.25, 0.3) is 10.9 Å². The maximum absolute atomic E-state index is 5.73. The summed E-state index contributed by atoms with van der Waals surface area (Å²) >= 11 is 0. The standard InChI is InChI=1S/C13H18N4.HI/c1-2-7-15-13(14)16-9-11-8-10-5-3-4-6-12(10)17-11;/h3-6,8,17H,2,7,9H2,1H3,(H3,14,15,16);1H. The van der Waals surface area contributed by atoms with Crippen molar-refractivity contribution in [2.24, 2.45) is 10.7 Å². The predicted molar refractivity (Wildman–Crippen MR) is 87.3 cm³/mol. The van der Waals surface area contributed by atoms with Crippen LogP contribution in [0.1, 0.15) is 19.0 Å². The fourth-order valence-corrected chi connectivity index (χ4v) is 1.70. The van der Waals surface area contributed by atoms with Gasteiger partial charge in [0.25, 0.3) is 0 Å². The fraction of sp³-hybridized carbons (Fsp3) is 0.308. The Labute approximate surface area is 124 Å². The van der Waals surface area contributed by atoms with Gasteiger partial charge < -0.3 is 16.0 Å². The predicted octanol–water partition coefficient (Wildman–Crippen LogP) is 2.60. The summed E-state index contributed by atoms with van der Waals surface area (Å²) in [7, 11) is 0. The minimum atomic E-state index is 0. The molecule has 0 unspecified atom stereocenters. The van der Waals surface area contributed by atoms with Crippen molar-refractivity contribution in [2.45, 2.75) is 19.9 Å². The summed E-state index contributed by atoms with van der Waals surface area (Å²) in [6.45, 7) is 3.54. The molecule has 0 spiro atoms. The summed E-state index contributed by atoms with van der Waals surface area (Å²) in [5.74, 6) is 0.505. The van der Waals surface area contributed by atoms with Crippen LogP contribution >= 0.6 is 24.0 Å². The first kappa shape index (κ1) is 14.8. The highest BCUT2D eigenvalue weighted by atomic mass is 127. The van der Waals surface area contributed by atoms with Gasteiger partial charge in [0.15, 0.2) is 5.96 Å². The number of benzene rings is 1. The molecule has 0 fully saturated rings. The molecular formula is C13H19IN4. The molecule has 1 heterocycles. The molecule has 4 N–H and O–H groups in total. The van der Waals surface area contributed by atoms with Crippen LogP contribution < -0.4 is 11.1 Å². The van der Waals surface area contributed by atoms with E-state index in [9.17, 15) is 0 Å². The average molecular weight is 358 g/mol. The van der Waals surface area contributed by atoms with Crippen LogP contribution in [0.4, 0.5) is 0 Å². The first-order valence-electron chi connectivity index (χ1n) is 5.90. The highest BCUT2D eigenvalue weighted by Crippen LogP contribution is 2.14. The molecule has 1 aromatic carbocycles. The summed E-state index contributed by atoms with van der Waals surface area (Å²) < 4.78 is 0. The van der Waals surface area contributed by atoms with Crippen LogP contribution in [-0.2, 0) is 6.54 Å². The Morgan fingerprint density at radius 2 is 2.17 bits per heavy atom. The van der Waals surface area contributed by atoms with Crippen LogP contribution in [0, 0.1) is 0 Å². The van der Waals surface area contributed by atoms with E-state index >= 15 is 0 Å². The van der Waals surface area contributed by atoms with Crippen LogP contribution in [0.5, 0.6) is 0 Å². The van der Waals surface area contributed by atoms with E-state index in [0.717, 1.165) is 24.2 Å². The van der Waals surface area contributed by atoms with Crippen molar-refractivity contribution in [2.75, 3.05) is 6.54 Å². The highest BCUT2D eigenvalue weighted by Gasteiger charge is 1.99. The van der Waals surface area contributed by atoms with Gasteiger partial charge >= 0.3 is 0 Å². The second-order valence-electron chi connectivity index (χ2n) is 4.01. The van der Waals surface area contributed by atoms with E-state index in [1.54, 1.807) is 0 Å². The maximum Gasteiger partial charge on any atom is 0.188 e. The fourth-order valence-electron chi connectivity index (χ4n) is 1.70. The number of hydrogen-bond donors (Lipinski definition) is 3. The minimum absolute atomic E-state index is 0. The zero-order valence-electron chi connectivity index (χ0n) is 10.4. The molecule has 0 amide bonds. The molecule has 4 nitrogen and oxygen atoms in total. The number of aromatic nitrogens is 1. The van der Waals surface area contributed by atoms with Crippen molar-refractivity contribution >= 4 is 40.8 Å². The Kier molecular flexibility index (Phi) is 5.97. The lowest BCUT2D eigenvalue weighted by atomic mass is 10.2. The van der Waals surface area contributed by atoms with Crippen molar-refractivity contribution in [1.82, 2.24) is 10.3 Å². The van der Waals surface area contributed by atoms with Crippen molar-refractivity contribution in [3.05, 3.63) is 36.0 Å². The Balaban J connectivity index is 0.00000162. The Hall–Kier alpha value is -1.24. The van der Waals surface area contributed by atoms with E-state index in [1.165, 1.54) is 5.39 Å². The minimum Gasteiger partial charge on any atom is -0.370 e. The largest absolute Gasteiger partial charge is 0.370 e. The number of nitrogens with two attached hydrogens (primary N) is 1. The smallest absolute Gasteiger partial charge is 0.188 e. The number of aromatic amines is 1. The molecule has 0 aliphatic carbocycles. The van der Waals surface area contributed by atoms with Gasteiger partial charge in [0.1, 0.15) is 0 Å². The van der Waals surface area contributed by atoms with Crippen LogP contribution in [0.15, 0.2) is 35.3 Å². The number of para-hydroxylation sites is 1. The second-order valence-corrected chi connectivity index (χ2v) is 4.01. The van der Waals surface area contributed by atoms with Gasteiger partial charge in [-0.3, -0.25) is 0 Å². The van der Waals surface area contributed by atoms with Gasteiger partial charge in [-0.05, 0) is 23.9 Å². The van der Waals surface area contributed by atoms with Gasteiger partial charge in [0.2, 0.25) is 0 Å². The zero-order valence-corrected chi connectivity index (χ0v) is 12.8. The Morgan fingerprint density at radius 3 is 2.89 bits per heavy atom. The van der Waals surface area contributed by atoms with E-state index in [4.69, 9.17) is 5.73 Å². The van der Waals surface area contributed by atoms with Gasteiger partial charge in [-0.2, -0.15) is 0 Å². The third-order valence-corrected chi connectivity index (χ3v) is 2.56. The van der Waals surface area contributed by atoms with Gasteiger partial charge in [-0.15, -0.1) is 24.0 Å². The Morgan fingerprint density at radius 1 is 1.39 bits per heavy atom. The summed E-state index contributed by atoms with van der Waals surface area (Å²) in [6, 6.07) is 10.3. The quantitative estimate of drug-likeness (QED) is 0.447. The average Bonchev–Trinajstić information content (AvgIpc) is 2.76. The lowest BCUT2D eigenvalue weighted by Gasteiger charge is -2.02. The van der Waals surface area contributed by atoms with Crippen molar-refractivity contribution in [3.63, 3.8) is 0 Å². The van der Waals surface area contributed by atoms with Gasteiger partial charge in [0.05, 0.1) is 6.54 Å². The number of nitrogens with zero attached hydrogens (tertiary/aromatic N) is 1. The van der Waals surface area contributed by atoms with Gasteiger partial charge in [-0.1, -0.05) is 25.1 Å². The molecule has 98 valence electrons. The number of rotatable bonds is 4. The summed E-state index contributed by atoms with van der Waals surface area (Å²) in [5, 5.41) is 4.26. The third-order valence-electron chi connectivity index (χ3n) is 2.56. The van der Waals surface area contributed by atoms with E-state index in [-0.39, 0.29) is 24.0 Å². The highest BCUT2D eigenvalue weighted by molar-refractivity contribution is 14.0. The molecule has 0 bridgehead atoms. The monoisotopic (exact) mass is 358 g/mol. The number of H-pyrrole nitrogens is 1. The van der Waals surface area contributed by atoms with Crippen LogP contribution in [0.2, 0.25) is 0 Å². The third kappa shape index (κ3) is 3.90. The number of aliphatic imine (C=N–C) groups is 1. The van der Waals surface area contributed by atoms with Crippen LogP contribution in [0.3, 0.4) is 0 Å². The number of fused-ring (bicyclic) bond motifs is 1. The van der Waals surface area contributed by atoms with E-state index < -0.39 is 0 Å². The molecule has 2 rings (SSSR count). The molecule has 0 atom stereocenters. The van der Waals surface area contributed by atoms with Crippen molar-refractivity contribution < 1.29 is 0 Å². The topological polar surface area (TPSA) is 66.2 Å². The molecule has 0 saturated heterocycles. The SMILES string of the molecule is CCCNC(N)=NCc1cc2ccccc2[nH]1.I. The molecular weight excluding hydrogens is 339 g/mol. The Bertz CT molecular complexity index is 485. The summed E-state index contributed by atoms with van der Waals surface area (Å²) in [6.07, 6.45) is 1.04. The zero-order chi connectivity index (χ0) is 12.1. The second kappa shape index (κ2) is 7.25. The van der Waals surface area contributed by atoms with E-state index in [0.29, 0.717) is 12.5 Å². The van der Waals surface area contributed by atoms with Crippen molar-refractivity contribution in [3.8, 4) is 0 Å². The molecule has 0 aliphatic heterocycles. The summed E-state index contributed by atoms with van der Waals surface area (Å²) in [5.41, 5.74) is 7.94. The number of hydrogen-bond acceptors (Lipinski definition) is 1. The number of guanidine groups is 1. The van der Waals surface area contributed by atoms with E-state index in [1.807, 2.05) is 12.1 Å². The lowest BCUT2D eigenvalue weighted by Crippen LogP contribution is -2.32. The number of halogens is 1. The molecule has 0 saturated carbocycles. The molecule has 1 aromatic heterocycles. The van der Waals surface area contributed by atoms with Crippen LogP contribution in [-0.4, -0.2) is 17.5 Å². The molecule has 5 heteroatoms. The first-order valence-corrected chi connectivity index (χ1v) is 5.90. The first-order chi connectivity index (χ1) is 8.29. The maximum atomic E-state index is 5.73. The van der Waals surface area contributed by atoms with Gasteiger partial charge in [-0.25, -0.2) is 4.99 Å². The van der Waals surface area contributed by atoms with Crippen molar-refractivity contribution in [1.29, 1.82) is 0 Å².